The highest BCUT2D eigenvalue weighted by atomic mass is 32.2. The van der Waals surface area contributed by atoms with E-state index in [0.717, 1.165) is 5.56 Å². The van der Waals surface area contributed by atoms with Gasteiger partial charge in [0.2, 0.25) is 0 Å². The summed E-state index contributed by atoms with van der Waals surface area (Å²) >= 11 is 0. The predicted molar refractivity (Wildman–Crippen MR) is 56.0 cm³/mol. The monoisotopic (exact) mass is 214 g/mol. The number of hydrogen-bond donors (Lipinski definition) is 1. The molecule has 1 rings (SSSR count). The highest BCUT2D eigenvalue weighted by Crippen LogP contribution is 2.16. The average Bonchev–Trinajstić information content (AvgIpc) is 2.14. The number of hydrogen-bond acceptors (Lipinski definition) is 3. The minimum atomic E-state index is -3.04. The lowest BCUT2D eigenvalue weighted by Gasteiger charge is -2.12. The lowest BCUT2D eigenvalue weighted by Crippen LogP contribution is -2.16. The summed E-state index contributed by atoms with van der Waals surface area (Å²) in [7, 11) is -3.04. The van der Waals surface area contributed by atoms with Gasteiger partial charge in [0.25, 0.3) is 0 Å². The molecule has 78 valence electrons. The van der Waals surface area contributed by atoms with Gasteiger partial charge in [0.15, 0.2) is 0 Å². The van der Waals surface area contributed by atoms with E-state index in [1.54, 1.807) is 0 Å². The molecule has 0 saturated heterocycles. The Balaban J connectivity index is 2.84. The first-order valence-electron chi connectivity index (χ1n) is 4.36. The molecule has 14 heavy (non-hydrogen) atoms. The summed E-state index contributed by atoms with van der Waals surface area (Å²) in [5, 5.41) is 9.08. The maximum absolute atomic E-state index is 11.1. The van der Waals surface area contributed by atoms with Crippen molar-refractivity contribution < 1.29 is 13.5 Å². The zero-order valence-corrected chi connectivity index (χ0v) is 8.87. The number of benzene rings is 1. The van der Waals surface area contributed by atoms with Crippen LogP contribution in [0.15, 0.2) is 30.3 Å². The van der Waals surface area contributed by atoms with E-state index in [0.29, 0.717) is 0 Å². The summed E-state index contributed by atoms with van der Waals surface area (Å²) in [6, 6.07) is 9.18. The molecule has 1 atom stereocenters. The number of sulfone groups is 1. The fourth-order valence-electron chi connectivity index (χ4n) is 1.34. The van der Waals surface area contributed by atoms with Crippen molar-refractivity contribution in [2.45, 2.75) is 5.92 Å². The Hall–Kier alpha value is -0.870. The summed E-state index contributed by atoms with van der Waals surface area (Å²) in [4.78, 5) is 0. The van der Waals surface area contributed by atoms with Crippen molar-refractivity contribution in [1.29, 1.82) is 0 Å². The average molecular weight is 214 g/mol. The largest absolute Gasteiger partial charge is 0.396 e. The van der Waals surface area contributed by atoms with Crippen molar-refractivity contribution in [2.24, 2.45) is 0 Å². The second-order valence-electron chi connectivity index (χ2n) is 3.38. The van der Waals surface area contributed by atoms with Gasteiger partial charge in [-0.05, 0) is 5.56 Å². The zero-order valence-electron chi connectivity index (χ0n) is 8.05. The molecule has 1 aromatic carbocycles. The number of aliphatic hydroxyl groups is 1. The van der Waals surface area contributed by atoms with Crippen molar-refractivity contribution in [1.82, 2.24) is 0 Å². The van der Waals surface area contributed by atoms with Gasteiger partial charge in [-0.2, -0.15) is 0 Å². The Bertz CT molecular complexity index is 370. The highest BCUT2D eigenvalue weighted by molar-refractivity contribution is 7.90. The van der Waals surface area contributed by atoms with Crippen molar-refractivity contribution in [3.05, 3.63) is 35.9 Å². The van der Waals surface area contributed by atoms with Crippen LogP contribution < -0.4 is 0 Å². The summed E-state index contributed by atoms with van der Waals surface area (Å²) in [6.07, 6.45) is 1.18. The first-order valence-corrected chi connectivity index (χ1v) is 6.42. The van der Waals surface area contributed by atoms with E-state index >= 15 is 0 Å². The van der Waals surface area contributed by atoms with E-state index in [4.69, 9.17) is 5.11 Å². The molecule has 0 aliphatic carbocycles. The minimum absolute atomic E-state index is 0.00644. The van der Waals surface area contributed by atoms with Crippen LogP contribution in [0.1, 0.15) is 11.5 Å². The first kappa shape index (κ1) is 11.2. The standard InChI is InChI=1S/C10H14O3S/c1-14(12,13)8-10(7-11)9-5-3-2-4-6-9/h2-6,10-11H,7-8H2,1H3. The third kappa shape index (κ3) is 3.47. The van der Waals surface area contributed by atoms with Crippen LogP contribution in [0.4, 0.5) is 0 Å². The molecular formula is C10H14O3S. The molecular weight excluding hydrogens is 200 g/mol. The molecule has 0 radical (unpaired) electrons. The molecule has 0 saturated carbocycles. The van der Waals surface area contributed by atoms with Crippen molar-refractivity contribution in [3.8, 4) is 0 Å². The third-order valence-corrected chi connectivity index (χ3v) is 3.00. The molecule has 0 aliphatic rings. The van der Waals surface area contributed by atoms with Gasteiger partial charge >= 0.3 is 0 Å². The Kier molecular flexibility index (Phi) is 3.66. The fraction of sp³-hybridized carbons (Fsp3) is 0.400. The van der Waals surface area contributed by atoms with Crippen LogP contribution in [-0.2, 0) is 9.84 Å². The fourth-order valence-corrected chi connectivity index (χ4v) is 2.37. The van der Waals surface area contributed by atoms with Crippen molar-refractivity contribution >= 4 is 9.84 Å². The Morgan fingerprint density at radius 3 is 2.29 bits per heavy atom. The lowest BCUT2D eigenvalue weighted by molar-refractivity contribution is 0.273. The number of aliphatic hydroxyl groups excluding tert-OH is 1. The van der Waals surface area contributed by atoms with Crippen LogP contribution in [0.3, 0.4) is 0 Å². The summed E-state index contributed by atoms with van der Waals surface area (Å²) < 4.78 is 22.1. The van der Waals surface area contributed by atoms with Crippen LogP contribution in [0.2, 0.25) is 0 Å². The van der Waals surface area contributed by atoms with E-state index in [-0.39, 0.29) is 18.3 Å². The van der Waals surface area contributed by atoms with Crippen molar-refractivity contribution in [3.63, 3.8) is 0 Å². The summed E-state index contributed by atoms with van der Waals surface area (Å²) in [6.45, 7) is -0.142. The second kappa shape index (κ2) is 4.57. The van der Waals surface area contributed by atoms with Gasteiger partial charge in [0.05, 0.1) is 12.4 Å². The van der Waals surface area contributed by atoms with E-state index in [1.165, 1.54) is 6.26 Å². The van der Waals surface area contributed by atoms with Crippen LogP contribution in [0.5, 0.6) is 0 Å². The van der Waals surface area contributed by atoms with Gasteiger partial charge in [-0.15, -0.1) is 0 Å². The number of rotatable bonds is 4. The van der Waals surface area contributed by atoms with Crippen molar-refractivity contribution in [2.75, 3.05) is 18.6 Å². The molecule has 0 amide bonds. The van der Waals surface area contributed by atoms with Gasteiger partial charge in [-0.25, -0.2) is 8.42 Å². The molecule has 3 nitrogen and oxygen atoms in total. The Morgan fingerprint density at radius 2 is 1.86 bits per heavy atom. The highest BCUT2D eigenvalue weighted by Gasteiger charge is 2.15. The molecule has 1 unspecified atom stereocenters. The second-order valence-corrected chi connectivity index (χ2v) is 5.57. The molecule has 0 fully saturated rings. The van der Waals surface area contributed by atoms with E-state index in [1.807, 2.05) is 30.3 Å². The van der Waals surface area contributed by atoms with Crippen LogP contribution in [0, 0.1) is 0 Å². The molecule has 0 heterocycles. The molecule has 1 N–H and O–H groups in total. The molecule has 4 heteroatoms. The van der Waals surface area contributed by atoms with Crippen LogP contribution in [0.25, 0.3) is 0 Å². The first-order chi connectivity index (χ1) is 6.53. The quantitative estimate of drug-likeness (QED) is 0.807. The Labute approximate surface area is 84.3 Å². The van der Waals surface area contributed by atoms with Crippen LogP contribution in [-0.4, -0.2) is 32.1 Å². The normalized spacial score (nSPS) is 13.9. The van der Waals surface area contributed by atoms with Gasteiger partial charge in [-0.3, -0.25) is 0 Å². The minimum Gasteiger partial charge on any atom is -0.396 e. The van der Waals surface area contributed by atoms with E-state index in [9.17, 15) is 8.42 Å². The lowest BCUT2D eigenvalue weighted by atomic mass is 10.0. The van der Waals surface area contributed by atoms with E-state index < -0.39 is 9.84 Å². The van der Waals surface area contributed by atoms with Gasteiger partial charge in [0.1, 0.15) is 9.84 Å². The molecule has 0 aliphatic heterocycles. The van der Waals surface area contributed by atoms with Gasteiger partial charge in [-0.1, -0.05) is 30.3 Å². The zero-order chi connectivity index (χ0) is 10.6. The van der Waals surface area contributed by atoms with Gasteiger partial charge in [0, 0.05) is 12.2 Å². The summed E-state index contributed by atoms with van der Waals surface area (Å²) in [5.41, 5.74) is 0.862. The molecule has 0 aromatic heterocycles. The topological polar surface area (TPSA) is 54.4 Å². The summed E-state index contributed by atoms with van der Waals surface area (Å²) in [5.74, 6) is -0.320. The SMILES string of the molecule is CS(=O)(=O)CC(CO)c1ccccc1. The molecule has 1 aromatic rings. The smallest absolute Gasteiger partial charge is 0.148 e. The predicted octanol–water partition coefficient (Wildman–Crippen LogP) is 0.807. The molecule has 0 bridgehead atoms. The van der Waals surface area contributed by atoms with Crippen LogP contribution >= 0.6 is 0 Å². The van der Waals surface area contributed by atoms with E-state index in [2.05, 4.69) is 0 Å². The molecule has 0 spiro atoms. The third-order valence-electron chi connectivity index (χ3n) is 2.00. The maximum Gasteiger partial charge on any atom is 0.148 e. The Morgan fingerprint density at radius 1 is 1.29 bits per heavy atom. The van der Waals surface area contributed by atoms with Gasteiger partial charge < -0.3 is 5.11 Å². The maximum atomic E-state index is 11.1.